The largest absolute Gasteiger partial charge is 0.472 e. The molecule has 0 fully saturated rings. The summed E-state index contributed by atoms with van der Waals surface area (Å²) in [5, 5.41) is 9.87. The predicted molar refractivity (Wildman–Crippen MR) is 53.6 cm³/mol. The Morgan fingerprint density at radius 2 is 1.79 bits per heavy atom. The molecule has 0 aliphatic rings. The van der Waals surface area contributed by atoms with Gasteiger partial charge < -0.3 is 15.3 Å². The van der Waals surface area contributed by atoms with Gasteiger partial charge in [-0.3, -0.25) is 0 Å². The van der Waals surface area contributed by atoms with Crippen molar-refractivity contribution in [2.45, 2.75) is 6.10 Å². The van der Waals surface area contributed by atoms with Crippen molar-refractivity contribution in [3.63, 3.8) is 0 Å². The lowest BCUT2D eigenvalue weighted by Crippen LogP contribution is -1.97. The van der Waals surface area contributed by atoms with Gasteiger partial charge in [0.2, 0.25) is 0 Å². The van der Waals surface area contributed by atoms with Crippen molar-refractivity contribution in [3.8, 4) is 0 Å². The van der Waals surface area contributed by atoms with E-state index in [-0.39, 0.29) is 0 Å². The molecule has 72 valence electrons. The number of rotatable bonds is 2. The summed E-state index contributed by atoms with van der Waals surface area (Å²) in [5.41, 5.74) is 7.78. The van der Waals surface area contributed by atoms with Gasteiger partial charge in [-0.25, -0.2) is 0 Å². The first kappa shape index (κ1) is 8.84. The maximum atomic E-state index is 9.87. The van der Waals surface area contributed by atoms with Gasteiger partial charge in [-0.2, -0.15) is 0 Å². The van der Waals surface area contributed by atoms with Gasteiger partial charge in [-0.05, 0) is 23.8 Å². The summed E-state index contributed by atoms with van der Waals surface area (Å²) in [4.78, 5) is 0. The second-order valence-corrected chi connectivity index (χ2v) is 3.13. The minimum atomic E-state index is -0.644. The molecule has 1 heterocycles. The molecule has 1 aromatic heterocycles. The van der Waals surface area contributed by atoms with E-state index in [1.165, 1.54) is 12.5 Å². The van der Waals surface area contributed by atoms with Crippen molar-refractivity contribution >= 4 is 5.69 Å². The maximum Gasteiger partial charge on any atom is 0.107 e. The Morgan fingerprint density at radius 3 is 2.36 bits per heavy atom. The van der Waals surface area contributed by atoms with E-state index in [0.29, 0.717) is 5.69 Å². The zero-order valence-corrected chi connectivity index (χ0v) is 7.55. The van der Waals surface area contributed by atoms with E-state index >= 15 is 0 Å². The van der Waals surface area contributed by atoms with Crippen LogP contribution in [0.4, 0.5) is 5.69 Å². The lowest BCUT2D eigenvalue weighted by Gasteiger charge is -2.08. The molecule has 1 aromatic carbocycles. The SMILES string of the molecule is Nc1ccc(C(O)c2ccoc2)cc1. The highest BCUT2D eigenvalue weighted by Crippen LogP contribution is 2.22. The molecule has 0 aliphatic heterocycles. The number of anilines is 1. The van der Waals surface area contributed by atoms with Crippen LogP contribution in [0.15, 0.2) is 47.3 Å². The average molecular weight is 189 g/mol. The first-order valence-corrected chi connectivity index (χ1v) is 4.33. The van der Waals surface area contributed by atoms with Gasteiger partial charge in [-0.15, -0.1) is 0 Å². The molecule has 0 bridgehead atoms. The molecule has 0 saturated heterocycles. The van der Waals surface area contributed by atoms with E-state index in [2.05, 4.69) is 0 Å². The van der Waals surface area contributed by atoms with Crippen LogP contribution in [-0.4, -0.2) is 5.11 Å². The molecule has 2 rings (SSSR count). The summed E-state index contributed by atoms with van der Waals surface area (Å²) in [5.74, 6) is 0. The van der Waals surface area contributed by atoms with Crippen molar-refractivity contribution in [1.82, 2.24) is 0 Å². The number of hydrogen-bond donors (Lipinski definition) is 2. The Bertz CT molecular complexity index is 392. The average Bonchev–Trinajstić information content (AvgIpc) is 2.71. The zero-order valence-electron chi connectivity index (χ0n) is 7.55. The number of benzene rings is 1. The third-order valence-corrected chi connectivity index (χ3v) is 2.11. The fourth-order valence-corrected chi connectivity index (χ4v) is 1.30. The monoisotopic (exact) mass is 189 g/mol. The van der Waals surface area contributed by atoms with Gasteiger partial charge in [0, 0.05) is 11.3 Å². The number of hydrogen-bond acceptors (Lipinski definition) is 3. The van der Waals surface area contributed by atoms with Gasteiger partial charge in [0.25, 0.3) is 0 Å². The molecule has 2 aromatic rings. The molecule has 3 N–H and O–H groups in total. The third kappa shape index (κ3) is 1.63. The summed E-state index contributed by atoms with van der Waals surface area (Å²) in [6, 6.07) is 8.86. The minimum Gasteiger partial charge on any atom is -0.472 e. The lowest BCUT2D eigenvalue weighted by atomic mass is 10.0. The van der Waals surface area contributed by atoms with Crippen LogP contribution in [0.5, 0.6) is 0 Å². The van der Waals surface area contributed by atoms with Crippen LogP contribution < -0.4 is 5.73 Å². The fourth-order valence-electron chi connectivity index (χ4n) is 1.30. The molecule has 14 heavy (non-hydrogen) atoms. The van der Waals surface area contributed by atoms with Crippen molar-refractivity contribution < 1.29 is 9.52 Å². The Morgan fingerprint density at radius 1 is 1.07 bits per heavy atom. The van der Waals surface area contributed by atoms with E-state index in [4.69, 9.17) is 10.2 Å². The van der Waals surface area contributed by atoms with Crippen molar-refractivity contribution in [2.75, 3.05) is 5.73 Å². The molecule has 0 aliphatic carbocycles. The summed E-state index contributed by atoms with van der Waals surface area (Å²) < 4.78 is 4.90. The number of furan rings is 1. The normalized spacial score (nSPS) is 12.6. The second kappa shape index (κ2) is 3.55. The predicted octanol–water partition coefficient (Wildman–Crippen LogP) is 1.94. The third-order valence-electron chi connectivity index (χ3n) is 2.11. The van der Waals surface area contributed by atoms with Crippen molar-refractivity contribution in [3.05, 3.63) is 54.0 Å². The van der Waals surface area contributed by atoms with Crippen LogP contribution in [0.3, 0.4) is 0 Å². The quantitative estimate of drug-likeness (QED) is 0.710. The topological polar surface area (TPSA) is 59.4 Å². The highest BCUT2D eigenvalue weighted by atomic mass is 16.3. The molecule has 0 spiro atoms. The van der Waals surface area contributed by atoms with Gasteiger partial charge >= 0.3 is 0 Å². The molecule has 1 unspecified atom stereocenters. The molecule has 3 heteroatoms. The van der Waals surface area contributed by atoms with Crippen LogP contribution in [-0.2, 0) is 0 Å². The van der Waals surface area contributed by atoms with Crippen molar-refractivity contribution in [1.29, 1.82) is 0 Å². The van der Waals surface area contributed by atoms with E-state index in [9.17, 15) is 5.11 Å². The van der Waals surface area contributed by atoms with Crippen LogP contribution in [0.1, 0.15) is 17.2 Å². The summed E-state index contributed by atoms with van der Waals surface area (Å²) in [6.45, 7) is 0. The zero-order chi connectivity index (χ0) is 9.97. The van der Waals surface area contributed by atoms with Gasteiger partial charge in [-0.1, -0.05) is 12.1 Å². The van der Waals surface area contributed by atoms with Crippen LogP contribution in [0, 0.1) is 0 Å². The van der Waals surface area contributed by atoms with Gasteiger partial charge in [0.15, 0.2) is 0 Å². The molecule has 1 atom stereocenters. The highest BCUT2D eigenvalue weighted by molar-refractivity contribution is 5.41. The maximum absolute atomic E-state index is 9.87. The van der Waals surface area contributed by atoms with Gasteiger partial charge in [0.05, 0.1) is 12.5 Å². The molecular weight excluding hydrogens is 178 g/mol. The van der Waals surface area contributed by atoms with E-state index in [1.807, 2.05) is 0 Å². The van der Waals surface area contributed by atoms with Crippen LogP contribution in [0.25, 0.3) is 0 Å². The smallest absolute Gasteiger partial charge is 0.107 e. The standard InChI is InChI=1S/C11H11NO2/c12-10-3-1-8(2-4-10)11(13)9-5-6-14-7-9/h1-7,11,13H,12H2. The Labute approximate surface area is 81.8 Å². The first-order chi connectivity index (χ1) is 6.77. The van der Waals surface area contributed by atoms with Crippen LogP contribution >= 0.6 is 0 Å². The minimum absolute atomic E-state index is 0.644. The summed E-state index contributed by atoms with van der Waals surface area (Å²) in [6.07, 6.45) is 2.42. The fraction of sp³-hybridized carbons (Fsp3) is 0.0909. The summed E-state index contributed by atoms with van der Waals surface area (Å²) >= 11 is 0. The number of aliphatic hydroxyl groups excluding tert-OH is 1. The number of nitrogens with two attached hydrogens (primary N) is 1. The lowest BCUT2D eigenvalue weighted by molar-refractivity contribution is 0.219. The number of aliphatic hydroxyl groups is 1. The molecule has 0 saturated carbocycles. The molecular formula is C11H11NO2. The molecule has 0 radical (unpaired) electrons. The summed E-state index contributed by atoms with van der Waals surface area (Å²) in [7, 11) is 0. The Hall–Kier alpha value is -1.74. The van der Waals surface area contributed by atoms with E-state index in [0.717, 1.165) is 11.1 Å². The van der Waals surface area contributed by atoms with E-state index in [1.54, 1.807) is 30.3 Å². The first-order valence-electron chi connectivity index (χ1n) is 4.33. The van der Waals surface area contributed by atoms with Crippen molar-refractivity contribution in [2.24, 2.45) is 0 Å². The number of nitrogen functional groups attached to an aromatic ring is 1. The van der Waals surface area contributed by atoms with Gasteiger partial charge in [0.1, 0.15) is 6.10 Å². The molecule has 3 nitrogen and oxygen atoms in total. The van der Waals surface area contributed by atoms with E-state index < -0.39 is 6.10 Å². The second-order valence-electron chi connectivity index (χ2n) is 3.13. The Balaban J connectivity index is 2.28. The molecule has 0 amide bonds. The van der Waals surface area contributed by atoms with Crippen LogP contribution in [0.2, 0.25) is 0 Å². The Kier molecular flexibility index (Phi) is 2.24. The highest BCUT2D eigenvalue weighted by Gasteiger charge is 2.10.